The molecule has 1 rings (SSSR count). The molecule has 0 aromatic carbocycles. The van der Waals surface area contributed by atoms with Gasteiger partial charge in [-0.25, -0.2) is 0 Å². The van der Waals surface area contributed by atoms with Crippen LogP contribution in [-0.4, -0.2) is 0 Å². The molecule has 60 valence electrons. The maximum Gasteiger partial charge on any atom is -0.0326 e. The van der Waals surface area contributed by atoms with E-state index in [4.69, 9.17) is 0 Å². The van der Waals surface area contributed by atoms with Gasteiger partial charge in [0.2, 0.25) is 0 Å². The first kappa shape index (κ1) is 8.10. The SMILES string of the molecule is CCC1(C)CCC[C@H](C)C1. The summed E-state index contributed by atoms with van der Waals surface area (Å²) in [6.45, 7) is 7.17. The van der Waals surface area contributed by atoms with E-state index >= 15 is 0 Å². The molecule has 0 aromatic heterocycles. The molecule has 0 nitrogen and oxygen atoms in total. The van der Waals surface area contributed by atoms with Crippen molar-refractivity contribution in [3.8, 4) is 0 Å². The van der Waals surface area contributed by atoms with Gasteiger partial charge in [-0.2, -0.15) is 0 Å². The van der Waals surface area contributed by atoms with Crippen LogP contribution in [0, 0.1) is 11.3 Å². The summed E-state index contributed by atoms with van der Waals surface area (Å²) < 4.78 is 0. The third-order valence-corrected chi connectivity index (χ3v) is 3.17. The van der Waals surface area contributed by atoms with E-state index < -0.39 is 0 Å². The zero-order chi connectivity index (χ0) is 7.61. The van der Waals surface area contributed by atoms with Gasteiger partial charge in [0.25, 0.3) is 0 Å². The fraction of sp³-hybridized carbons (Fsp3) is 1.00. The maximum absolute atomic E-state index is 2.45. The molecule has 0 heteroatoms. The first-order valence-corrected chi connectivity index (χ1v) is 4.66. The van der Waals surface area contributed by atoms with Crippen molar-refractivity contribution in [2.75, 3.05) is 0 Å². The molecule has 1 saturated carbocycles. The second-order valence-electron chi connectivity index (χ2n) is 4.37. The molecule has 0 saturated heterocycles. The summed E-state index contributed by atoms with van der Waals surface area (Å²) in [6, 6.07) is 0. The Morgan fingerprint density at radius 1 is 1.50 bits per heavy atom. The van der Waals surface area contributed by atoms with Crippen molar-refractivity contribution in [2.45, 2.75) is 52.9 Å². The molecule has 1 fully saturated rings. The van der Waals surface area contributed by atoms with E-state index in [1.54, 1.807) is 0 Å². The van der Waals surface area contributed by atoms with Gasteiger partial charge in [-0.1, -0.05) is 40.0 Å². The maximum atomic E-state index is 2.45. The van der Waals surface area contributed by atoms with Crippen molar-refractivity contribution in [2.24, 2.45) is 11.3 Å². The van der Waals surface area contributed by atoms with Crippen LogP contribution >= 0.6 is 0 Å². The molecule has 2 atom stereocenters. The summed E-state index contributed by atoms with van der Waals surface area (Å²) in [7, 11) is 0. The molecule has 1 aliphatic carbocycles. The summed E-state index contributed by atoms with van der Waals surface area (Å²) in [4.78, 5) is 0. The molecule has 1 aliphatic rings. The lowest BCUT2D eigenvalue weighted by Gasteiger charge is -2.36. The highest BCUT2D eigenvalue weighted by Gasteiger charge is 2.27. The minimum Gasteiger partial charge on any atom is -0.0649 e. The molecule has 1 unspecified atom stereocenters. The Morgan fingerprint density at radius 2 is 2.20 bits per heavy atom. The first-order chi connectivity index (χ1) is 4.66. The van der Waals surface area contributed by atoms with Gasteiger partial charge >= 0.3 is 0 Å². The van der Waals surface area contributed by atoms with Crippen LogP contribution in [0.5, 0.6) is 0 Å². The van der Waals surface area contributed by atoms with Crippen molar-refractivity contribution in [1.29, 1.82) is 0 Å². The molecule has 0 spiro atoms. The molecule has 0 radical (unpaired) electrons. The van der Waals surface area contributed by atoms with Crippen LogP contribution in [0.15, 0.2) is 0 Å². The first-order valence-electron chi connectivity index (χ1n) is 4.66. The summed E-state index contributed by atoms with van der Waals surface area (Å²) in [6.07, 6.45) is 7.23. The monoisotopic (exact) mass is 140 g/mol. The largest absolute Gasteiger partial charge is 0.0649 e. The molecule has 0 amide bonds. The average molecular weight is 140 g/mol. The van der Waals surface area contributed by atoms with Crippen molar-refractivity contribution >= 4 is 0 Å². The second-order valence-corrected chi connectivity index (χ2v) is 4.37. The van der Waals surface area contributed by atoms with Gasteiger partial charge in [-0.05, 0) is 24.2 Å². The Bertz CT molecular complexity index is 107. The topological polar surface area (TPSA) is 0 Å². The van der Waals surface area contributed by atoms with Crippen LogP contribution in [0.1, 0.15) is 52.9 Å². The summed E-state index contributed by atoms with van der Waals surface area (Å²) in [5.74, 6) is 0.985. The fourth-order valence-corrected chi connectivity index (χ4v) is 2.24. The Balaban J connectivity index is 2.45. The Morgan fingerprint density at radius 3 is 2.60 bits per heavy atom. The molecule has 0 aromatic rings. The predicted molar refractivity (Wildman–Crippen MR) is 46.0 cm³/mol. The van der Waals surface area contributed by atoms with Crippen LogP contribution < -0.4 is 0 Å². The third-order valence-electron chi connectivity index (χ3n) is 3.17. The molecule has 0 heterocycles. The highest BCUT2D eigenvalue weighted by atomic mass is 14.3. The van der Waals surface area contributed by atoms with E-state index in [0.717, 1.165) is 5.92 Å². The highest BCUT2D eigenvalue weighted by Crippen LogP contribution is 2.40. The van der Waals surface area contributed by atoms with Crippen molar-refractivity contribution < 1.29 is 0 Å². The van der Waals surface area contributed by atoms with E-state index in [-0.39, 0.29) is 0 Å². The number of rotatable bonds is 1. The smallest absolute Gasteiger partial charge is 0.0326 e. The molecule has 0 aliphatic heterocycles. The van der Waals surface area contributed by atoms with Crippen LogP contribution in [0.2, 0.25) is 0 Å². The van der Waals surface area contributed by atoms with E-state index in [9.17, 15) is 0 Å². The van der Waals surface area contributed by atoms with Gasteiger partial charge in [0, 0.05) is 0 Å². The van der Waals surface area contributed by atoms with Crippen LogP contribution in [0.4, 0.5) is 0 Å². The van der Waals surface area contributed by atoms with E-state index in [1.807, 2.05) is 0 Å². The Labute approximate surface area is 65.0 Å². The van der Waals surface area contributed by atoms with Crippen LogP contribution in [-0.2, 0) is 0 Å². The third kappa shape index (κ3) is 1.74. The van der Waals surface area contributed by atoms with Gasteiger partial charge in [0.1, 0.15) is 0 Å². The van der Waals surface area contributed by atoms with E-state index in [0.29, 0.717) is 5.41 Å². The van der Waals surface area contributed by atoms with Gasteiger partial charge in [-0.3, -0.25) is 0 Å². The molecular weight excluding hydrogens is 120 g/mol. The lowest BCUT2D eigenvalue weighted by Crippen LogP contribution is -2.23. The fourth-order valence-electron chi connectivity index (χ4n) is 2.24. The number of hydrogen-bond donors (Lipinski definition) is 0. The summed E-state index contributed by atoms with van der Waals surface area (Å²) >= 11 is 0. The summed E-state index contributed by atoms with van der Waals surface area (Å²) in [5, 5.41) is 0. The standard InChI is InChI=1S/C10H20/c1-4-10(3)7-5-6-9(2)8-10/h9H,4-8H2,1-3H3/t9-,10?/m0/s1. The quantitative estimate of drug-likeness (QED) is 0.522. The Kier molecular flexibility index (Phi) is 2.38. The van der Waals surface area contributed by atoms with Crippen molar-refractivity contribution in [3.05, 3.63) is 0 Å². The van der Waals surface area contributed by atoms with Crippen molar-refractivity contribution in [3.63, 3.8) is 0 Å². The summed E-state index contributed by atoms with van der Waals surface area (Å²) in [5.41, 5.74) is 0.692. The zero-order valence-electron chi connectivity index (χ0n) is 7.61. The minimum absolute atomic E-state index is 0.692. The molecular formula is C10H20. The molecule has 0 bridgehead atoms. The Hall–Kier alpha value is 0. The van der Waals surface area contributed by atoms with Crippen LogP contribution in [0.3, 0.4) is 0 Å². The van der Waals surface area contributed by atoms with E-state index in [1.165, 1.54) is 32.1 Å². The van der Waals surface area contributed by atoms with Gasteiger partial charge in [0.15, 0.2) is 0 Å². The van der Waals surface area contributed by atoms with Gasteiger partial charge in [0.05, 0.1) is 0 Å². The second kappa shape index (κ2) is 2.94. The minimum atomic E-state index is 0.692. The molecule has 10 heavy (non-hydrogen) atoms. The van der Waals surface area contributed by atoms with E-state index in [2.05, 4.69) is 20.8 Å². The van der Waals surface area contributed by atoms with Gasteiger partial charge < -0.3 is 0 Å². The average Bonchev–Trinajstić information content (AvgIpc) is 1.88. The molecule has 0 N–H and O–H groups in total. The van der Waals surface area contributed by atoms with Gasteiger partial charge in [-0.15, -0.1) is 0 Å². The zero-order valence-corrected chi connectivity index (χ0v) is 7.61. The normalized spacial score (nSPS) is 41.7. The highest BCUT2D eigenvalue weighted by molar-refractivity contribution is 4.79. The lowest BCUT2D eigenvalue weighted by atomic mass is 9.70. The van der Waals surface area contributed by atoms with Crippen LogP contribution in [0.25, 0.3) is 0 Å². The lowest BCUT2D eigenvalue weighted by molar-refractivity contribution is 0.162. The van der Waals surface area contributed by atoms with Crippen molar-refractivity contribution in [1.82, 2.24) is 0 Å². The number of hydrogen-bond acceptors (Lipinski definition) is 0. The predicted octanol–water partition coefficient (Wildman–Crippen LogP) is 3.61.